The van der Waals surface area contributed by atoms with E-state index in [2.05, 4.69) is 42.7 Å². The number of aryl methyl sites for hydroxylation is 3. The molecule has 1 aliphatic rings. The summed E-state index contributed by atoms with van der Waals surface area (Å²) in [5, 5.41) is 0. The van der Waals surface area contributed by atoms with E-state index in [4.69, 9.17) is 9.72 Å². The molecular weight excluding hydrogens is 362 g/mol. The quantitative estimate of drug-likeness (QED) is 0.559. The van der Waals surface area contributed by atoms with E-state index in [1.807, 2.05) is 30.0 Å². The number of nitrogens with zero attached hydrogens (tertiary/aromatic N) is 3. The standard InChI is InChI=1S/C24H29N3O2/c1-4-26-16-19(15-23(26)28)24-25-21-8-5-6-9-22(21)27(24)12-7-13-29-20-11-10-17(2)18(3)14-20/h5-6,8-11,14,19H,4,7,12-13,15-16H2,1-3H3. The van der Waals surface area contributed by atoms with E-state index < -0.39 is 0 Å². The first kappa shape index (κ1) is 19.5. The van der Waals surface area contributed by atoms with Gasteiger partial charge < -0.3 is 14.2 Å². The Hall–Kier alpha value is -2.82. The van der Waals surface area contributed by atoms with Crippen LogP contribution in [0.4, 0.5) is 0 Å². The number of para-hydroxylation sites is 2. The minimum atomic E-state index is 0.163. The van der Waals surface area contributed by atoms with Crippen molar-refractivity contribution in [2.45, 2.75) is 46.1 Å². The molecule has 29 heavy (non-hydrogen) atoms. The molecule has 4 rings (SSSR count). The molecule has 2 aromatic carbocycles. The van der Waals surface area contributed by atoms with Gasteiger partial charge in [0.05, 0.1) is 17.6 Å². The first-order valence-electron chi connectivity index (χ1n) is 10.5. The van der Waals surface area contributed by atoms with Crippen LogP contribution in [0.3, 0.4) is 0 Å². The Morgan fingerprint density at radius 2 is 1.97 bits per heavy atom. The number of fused-ring (bicyclic) bond motifs is 1. The smallest absolute Gasteiger partial charge is 0.223 e. The maximum Gasteiger partial charge on any atom is 0.223 e. The summed E-state index contributed by atoms with van der Waals surface area (Å²) >= 11 is 0. The fourth-order valence-corrected chi connectivity index (χ4v) is 4.11. The number of hydrogen-bond acceptors (Lipinski definition) is 3. The summed E-state index contributed by atoms with van der Waals surface area (Å²) in [4.78, 5) is 19.1. The summed E-state index contributed by atoms with van der Waals surface area (Å²) in [5.41, 5.74) is 4.66. The molecule has 0 spiro atoms. The Labute approximate surface area is 172 Å². The normalized spacial score (nSPS) is 16.7. The lowest BCUT2D eigenvalue weighted by atomic mass is 10.1. The molecule has 2 heterocycles. The number of carbonyl (C=O) groups is 1. The molecule has 3 aromatic rings. The van der Waals surface area contributed by atoms with Crippen LogP contribution in [0.2, 0.25) is 0 Å². The third-order valence-corrected chi connectivity index (χ3v) is 5.92. The number of imidazole rings is 1. The predicted molar refractivity (Wildman–Crippen MR) is 115 cm³/mol. The average molecular weight is 392 g/mol. The van der Waals surface area contributed by atoms with Crippen LogP contribution < -0.4 is 4.74 Å². The van der Waals surface area contributed by atoms with Gasteiger partial charge in [-0.3, -0.25) is 4.79 Å². The average Bonchev–Trinajstić information content (AvgIpc) is 3.28. The Morgan fingerprint density at radius 3 is 2.72 bits per heavy atom. The van der Waals surface area contributed by atoms with Crippen LogP contribution in [0.5, 0.6) is 5.75 Å². The molecule has 1 aliphatic heterocycles. The highest BCUT2D eigenvalue weighted by atomic mass is 16.5. The van der Waals surface area contributed by atoms with Gasteiger partial charge in [0.2, 0.25) is 5.91 Å². The highest BCUT2D eigenvalue weighted by Crippen LogP contribution is 2.30. The number of rotatable bonds is 7. The Morgan fingerprint density at radius 1 is 1.14 bits per heavy atom. The van der Waals surface area contributed by atoms with Crippen molar-refractivity contribution in [2.24, 2.45) is 0 Å². The SMILES string of the molecule is CCN1CC(c2nc3ccccc3n2CCCOc2ccc(C)c(C)c2)CC1=O. The molecular formula is C24H29N3O2. The van der Waals surface area contributed by atoms with Crippen LogP contribution in [-0.4, -0.2) is 40.1 Å². The number of ether oxygens (including phenoxy) is 1. The molecule has 0 N–H and O–H groups in total. The Balaban J connectivity index is 1.49. The molecule has 0 bridgehead atoms. The minimum absolute atomic E-state index is 0.163. The fraction of sp³-hybridized carbons (Fsp3) is 0.417. The van der Waals surface area contributed by atoms with E-state index in [1.165, 1.54) is 11.1 Å². The first-order valence-corrected chi connectivity index (χ1v) is 10.5. The summed E-state index contributed by atoms with van der Waals surface area (Å²) in [6.45, 7) is 9.26. The topological polar surface area (TPSA) is 47.4 Å². The molecule has 152 valence electrons. The molecule has 0 radical (unpaired) electrons. The lowest BCUT2D eigenvalue weighted by Gasteiger charge is -2.15. The number of likely N-dealkylation sites (N-methyl/N-ethyl adjacent to an activating group) is 1. The van der Waals surface area contributed by atoms with Crippen LogP contribution in [0.1, 0.15) is 42.6 Å². The number of benzene rings is 2. The van der Waals surface area contributed by atoms with Gasteiger partial charge in [-0.05, 0) is 62.6 Å². The minimum Gasteiger partial charge on any atom is -0.494 e. The zero-order valence-electron chi connectivity index (χ0n) is 17.5. The third-order valence-electron chi connectivity index (χ3n) is 5.92. The van der Waals surface area contributed by atoms with E-state index in [9.17, 15) is 4.79 Å². The van der Waals surface area contributed by atoms with Crippen molar-refractivity contribution >= 4 is 16.9 Å². The van der Waals surface area contributed by atoms with Crippen molar-refractivity contribution < 1.29 is 9.53 Å². The van der Waals surface area contributed by atoms with Crippen LogP contribution in [0, 0.1) is 13.8 Å². The zero-order valence-corrected chi connectivity index (χ0v) is 17.5. The maximum absolute atomic E-state index is 12.3. The van der Waals surface area contributed by atoms with Gasteiger partial charge >= 0.3 is 0 Å². The molecule has 0 aliphatic carbocycles. The van der Waals surface area contributed by atoms with Gasteiger partial charge in [-0.25, -0.2) is 4.98 Å². The second-order valence-electron chi connectivity index (χ2n) is 7.89. The van der Waals surface area contributed by atoms with Gasteiger partial charge in [0.1, 0.15) is 11.6 Å². The molecule has 5 nitrogen and oxygen atoms in total. The molecule has 1 saturated heterocycles. The highest BCUT2D eigenvalue weighted by Gasteiger charge is 2.32. The van der Waals surface area contributed by atoms with Crippen LogP contribution in [0.15, 0.2) is 42.5 Å². The number of amides is 1. The lowest BCUT2D eigenvalue weighted by Crippen LogP contribution is -2.24. The van der Waals surface area contributed by atoms with Crippen LogP contribution in [0.25, 0.3) is 11.0 Å². The van der Waals surface area contributed by atoms with Crippen LogP contribution >= 0.6 is 0 Å². The predicted octanol–water partition coefficient (Wildman–Crippen LogP) is 4.46. The van der Waals surface area contributed by atoms with Crippen molar-refractivity contribution in [3.8, 4) is 5.75 Å². The number of aromatic nitrogens is 2. The molecule has 1 aromatic heterocycles. The molecule has 1 amide bonds. The van der Waals surface area contributed by atoms with Crippen molar-refractivity contribution in [3.05, 3.63) is 59.4 Å². The largest absolute Gasteiger partial charge is 0.494 e. The summed E-state index contributed by atoms with van der Waals surface area (Å²) in [6, 6.07) is 14.5. The molecule has 5 heteroatoms. The third kappa shape index (κ3) is 4.00. The molecule has 1 atom stereocenters. The Bertz CT molecular complexity index is 1020. The maximum atomic E-state index is 12.3. The zero-order chi connectivity index (χ0) is 20.4. The lowest BCUT2D eigenvalue weighted by molar-refractivity contribution is -0.127. The van der Waals surface area contributed by atoms with E-state index >= 15 is 0 Å². The van der Waals surface area contributed by atoms with Gasteiger partial charge in [-0.15, -0.1) is 0 Å². The number of carbonyl (C=O) groups excluding carboxylic acids is 1. The van der Waals surface area contributed by atoms with Crippen molar-refractivity contribution in [2.75, 3.05) is 19.7 Å². The van der Waals surface area contributed by atoms with Gasteiger partial charge in [-0.1, -0.05) is 18.2 Å². The summed E-state index contributed by atoms with van der Waals surface area (Å²) in [6.07, 6.45) is 1.44. The summed E-state index contributed by atoms with van der Waals surface area (Å²) < 4.78 is 8.26. The van der Waals surface area contributed by atoms with Crippen molar-refractivity contribution in [1.82, 2.24) is 14.5 Å². The van der Waals surface area contributed by atoms with E-state index in [0.717, 1.165) is 48.7 Å². The second-order valence-corrected chi connectivity index (χ2v) is 7.89. The molecule has 0 saturated carbocycles. The van der Waals surface area contributed by atoms with Crippen molar-refractivity contribution in [1.29, 1.82) is 0 Å². The van der Waals surface area contributed by atoms with E-state index in [1.54, 1.807) is 0 Å². The van der Waals surface area contributed by atoms with Crippen molar-refractivity contribution in [3.63, 3.8) is 0 Å². The number of likely N-dealkylation sites (tertiary alicyclic amines) is 1. The first-order chi connectivity index (χ1) is 14.1. The second kappa shape index (κ2) is 8.27. The molecule has 1 fully saturated rings. The van der Waals surface area contributed by atoms with Gasteiger partial charge in [0.15, 0.2) is 0 Å². The Kier molecular flexibility index (Phi) is 5.56. The van der Waals surface area contributed by atoms with Gasteiger partial charge in [-0.2, -0.15) is 0 Å². The fourth-order valence-electron chi connectivity index (χ4n) is 4.11. The highest BCUT2D eigenvalue weighted by molar-refractivity contribution is 5.80. The molecule has 1 unspecified atom stereocenters. The van der Waals surface area contributed by atoms with Crippen LogP contribution in [-0.2, 0) is 11.3 Å². The monoisotopic (exact) mass is 391 g/mol. The van der Waals surface area contributed by atoms with E-state index in [-0.39, 0.29) is 11.8 Å². The van der Waals surface area contributed by atoms with Gasteiger partial charge in [0.25, 0.3) is 0 Å². The number of hydrogen-bond donors (Lipinski definition) is 0. The summed E-state index contributed by atoms with van der Waals surface area (Å²) in [5.74, 6) is 2.34. The van der Waals surface area contributed by atoms with E-state index in [0.29, 0.717) is 13.0 Å². The summed E-state index contributed by atoms with van der Waals surface area (Å²) in [7, 11) is 0. The van der Waals surface area contributed by atoms with Gasteiger partial charge in [0, 0.05) is 32.0 Å².